The number of aliphatic hydroxyl groups excluding tert-OH is 1. The number of hydrogen-bond donors (Lipinski definition) is 2. The highest BCUT2D eigenvalue weighted by Gasteiger charge is 2.19. The molecule has 0 spiro atoms. The molecule has 0 fully saturated rings. The number of nitrogens with one attached hydrogen (secondary N) is 1. The van der Waals surface area contributed by atoms with Gasteiger partial charge in [0.2, 0.25) is 5.95 Å². The van der Waals surface area contributed by atoms with Gasteiger partial charge in [-0.3, -0.25) is 0 Å². The van der Waals surface area contributed by atoms with Crippen molar-refractivity contribution < 1.29 is 9.84 Å². The van der Waals surface area contributed by atoms with Crippen LogP contribution in [0, 0.1) is 6.92 Å². The highest BCUT2D eigenvalue weighted by atomic mass is 16.5. The summed E-state index contributed by atoms with van der Waals surface area (Å²) < 4.78 is 7.10. The lowest BCUT2D eigenvalue weighted by atomic mass is 10.1. The Balaban J connectivity index is 1.84. The number of fused-ring (bicyclic) bond motifs is 3. The van der Waals surface area contributed by atoms with E-state index in [0.717, 1.165) is 22.1 Å². The minimum atomic E-state index is -0.396. The number of aryl methyl sites for hydroxylation is 1. The van der Waals surface area contributed by atoms with Crippen molar-refractivity contribution >= 4 is 22.5 Å². The molecule has 0 radical (unpaired) electrons. The minimum Gasteiger partial charge on any atom is -0.496 e. The first-order valence-electron chi connectivity index (χ1n) is 8.33. The van der Waals surface area contributed by atoms with Crippen molar-refractivity contribution in [2.45, 2.75) is 13.0 Å². The fourth-order valence-corrected chi connectivity index (χ4v) is 3.08. The van der Waals surface area contributed by atoms with E-state index in [1.54, 1.807) is 11.6 Å². The number of aromatic nitrogens is 4. The van der Waals surface area contributed by atoms with Gasteiger partial charge in [-0.25, -0.2) is 9.97 Å². The summed E-state index contributed by atoms with van der Waals surface area (Å²) in [6.07, 6.45) is 0. The van der Waals surface area contributed by atoms with Gasteiger partial charge in [0.05, 0.1) is 25.3 Å². The summed E-state index contributed by atoms with van der Waals surface area (Å²) in [5.41, 5.74) is 2.39. The fraction of sp³-hybridized carbons (Fsp3) is 0.211. The van der Waals surface area contributed by atoms with Crippen molar-refractivity contribution in [3.63, 3.8) is 0 Å². The molecule has 4 rings (SSSR count). The van der Waals surface area contributed by atoms with Gasteiger partial charge in [0.15, 0.2) is 5.65 Å². The summed E-state index contributed by atoms with van der Waals surface area (Å²) >= 11 is 0. The van der Waals surface area contributed by atoms with E-state index in [0.29, 0.717) is 17.5 Å². The van der Waals surface area contributed by atoms with Gasteiger partial charge in [0.25, 0.3) is 0 Å². The third-order valence-electron chi connectivity index (χ3n) is 4.29. The number of hydrogen-bond acceptors (Lipinski definition) is 6. The number of anilines is 1. The number of para-hydroxylation sites is 2. The smallest absolute Gasteiger partial charge is 0.227 e. The Hall–Kier alpha value is -3.19. The average Bonchev–Trinajstić information content (AvgIpc) is 3.08. The van der Waals surface area contributed by atoms with Gasteiger partial charge in [-0.2, -0.15) is 4.52 Å². The summed E-state index contributed by atoms with van der Waals surface area (Å²) in [5, 5.41) is 18.6. The van der Waals surface area contributed by atoms with Crippen LogP contribution >= 0.6 is 0 Å². The molecule has 2 aromatic carbocycles. The normalized spacial score (nSPS) is 12.4. The topological polar surface area (TPSA) is 84.6 Å². The largest absolute Gasteiger partial charge is 0.496 e. The van der Waals surface area contributed by atoms with Crippen molar-refractivity contribution in [3.05, 3.63) is 59.9 Å². The maximum Gasteiger partial charge on any atom is 0.227 e. The van der Waals surface area contributed by atoms with Gasteiger partial charge >= 0.3 is 0 Å². The maximum absolute atomic E-state index is 9.96. The van der Waals surface area contributed by atoms with Crippen molar-refractivity contribution in [3.8, 4) is 5.75 Å². The molecule has 0 saturated heterocycles. The Labute approximate surface area is 150 Å². The molecule has 0 aliphatic carbocycles. The van der Waals surface area contributed by atoms with Gasteiger partial charge < -0.3 is 15.2 Å². The lowest BCUT2D eigenvalue weighted by Crippen LogP contribution is -2.19. The summed E-state index contributed by atoms with van der Waals surface area (Å²) in [5.74, 6) is 1.87. The van der Waals surface area contributed by atoms with Crippen LogP contribution < -0.4 is 10.1 Å². The van der Waals surface area contributed by atoms with E-state index in [1.165, 1.54) is 0 Å². The Morgan fingerprint density at radius 1 is 1.12 bits per heavy atom. The molecule has 0 aliphatic heterocycles. The molecule has 26 heavy (non-hydrogen) atoms. The third-order valence-corrected chi connectivity index (χ3v) is 4.29. The van der Waals surface area contributed by atoms with Gasteiger partial charge in [-0.05, 0) is 25.1 Å². The number of aliphatic hydroxyl groups is 1. The molecule has 0 bridgehead atoms. The van der Waals surface area contributed by atoms with E-state index >= 15 is 0 Å². The first kappa shape index (κ1) is 16.3. The molecule has 7 heteroatoms. The Morgan fingerprint density at radius 2 is 1.88 bits per heavy atom. The van der Waals surface area contributed by atoms with Crippen LogP contribution in [0.25, 0.3) is 16.6 Å². The number of nitrogens with zero attached hydrogens (tertiary/aromatic N) is 4. The van der Waals surface area contributed by atoms with E-state index in [4.69, 9.17) is 4.74 Å². The van der Waals surface area contributed by atoms with Crippen molar-refractivity contribution in [1.82, 2.24) is 19.6 Å². The Morgan fingerprint density at radius 3 is 2.69 bits per heavy atom. The zero-order valence-corrected chi connectivity index (χ0v) is 14.5. The Kier molecular flexibility index (Phi) is 4.14. The second-order valence-electron chi connectivity index (χ2n) is 5.97. The summed E-state index contributed by atoms with van der Waals surface area (Å²) in [4.78, 5) is 9.21. The van der Waals surface area contributed by atoms with E-state index in [1.807, 2.05) is 55.5 Å². The SMILES string of the molecule is COc1ccccc1[C@H](CO)Nc1nc2ccccc2c2nc(C)nn12. The van der Waals surface area contributed by atoms with Crippen molar-refractivity contribution in [2.75, 3.05) is 19.0 Å². The Bertz CT molecular complexity index is 1080. The second kappa shape index (κ2) is 6.61. The highest BCUT2D eigenvalue weighted by molar-refractivity contribution is 5.92. The molecule has 0 aliphatic rings. The maximum atomic E-state index is 9.96. The standard InChI is InChI=1S/C19H19N5O2/c1-12-20-18-14-8-3-5-9-15(14)21-19(24(18)23-12)22-16(11-25)13-7-4-6-10-17(13)26-2/h3-10,16,25H,11H2,1-2H3,(H,21,22)/t16-/m0/s1. The first-order chi connectivity index (χ1) is 12.7. The lowest BCUT2D eigenvalue weighted by molar-refractivity contribution is 0.272. The van der Waals surface area contributed by atoms with Crippen LogP contribution in [0.5, 0.6) is 5.75 Å². The molecule has 132 valence electrons. The van der Waals surface area contributed by atoms with Crippen LogP contribution in [0.3, 0.4) is 0 Å². The molecule has 0 amide bonds. The van der Waals surface area contributed by atoms with Crippen LogP contribution in [0.4, 0.5) is 5.95 Å². The predicted octanol–water partition coefficient (Wildman–Crippen LogP) is 2.74. The third kappa shape index (κ3) is 2.72. The monoisotopic (exact) mass is 349 g/mol. The predicted molar refractivity (Wildman–Crippen MR) is 99.5 cm³/mol. The van der Waals surface area contributed by atoms with Crippen LogP contribution in [0.1, 0.15) is 17.4 Å². The van der Waals surface area contributed by atoms with E-state index in [-0.39, 0.29) is 6.61 Å². The van der Waals surface area contributed by atoms with Crippen LogP contribution in [0.15, 0.2) is 48.5 Å². The molecule has 0 unspecified atom stereocenters. The van der Waals surface area contributed by atoms with Gasteiger partial charge in [0.1, 0.15) is 11.6 Å². The number of rotatable bonds is 5. The van der Waals surface area contributed by atoms with E-state index in [9.17, 15) is 5.11 Å². The lowest BCUT2D eigenvalue weighted by Gasteiger charge is -2.20. The van der Waals surface area contributed by atoms with E-state index in [2.05, 4.69) is 20.4 Å². The zero-order valence-electron chi connectivity index (χ0n) is 14.5. The zero-order chi connectivity index (χ0) is 18.1. The van der Waals surface area contributed by atoms with Crippen molar-refractivity contribution in [2.24, 2.45) is 0 Å². The highest BCUT2D eigenvalue weighted by Crippen LogP contribution is 2.28. The van der Waals surface area contributed by atoms with Gasteiger partial charge in [-0.15, -0.1) is 5.10 Å². The number of methoxy groups -OCH3 is 1. The van der Waals surface area contributed by atoms with Crippen LogP contribution in [-0.2, 0) is 0 Å². The van der Waals surface area contributed by atoms with Crippen molar-refractivity contribution in [1.29, 1.82) is 0 Å². The summed E-state index contributed by atoms with van der Waals surface area (Å²) in [6, 6.07) is 15.0. The first-order valence-corrected chi connectivity index (χ1v) is 8.33. The molecule has 2 N–H and O–H groups in total. The van der Waals surface area contributed by atoms with E-state index < -0.39 is 6.04 Å². The second-order valence-corrected chi connectivity index (χ2v) is 5.97. The number of benzene rings is 2. The average molecular weight is 349 g/mol. The molecular formula is C19H19N5O2. The molecule has 2 heterocycles. The molecule has 2 aromatic heterocycles. The van der Waals surface area contributed by atoms with Crippen LogP contribution in [0.2, 0.25) is 0 Å². The molecular weight excluding hydrogens is 330 g/mol. The number of ether oxygens (including phenoxy) is 1. The quantitative estimate of drug-likeness (QED) is 0.576. The molecule has 4 aromatic rings. The molecule has 1 atom stereocenters. The summed E-state index contributed by atoms with van der Waals surface area (Å²) in [7, 11) is 1.61. The minimum absolute atomic E-state index is 0.121. The van der Waals surface area contributed by atoms with Gasteiger partial charge in [-0.1, -0.05) is 30.3 Å². The molecule has 0 saturated carbocycles. The van der Waals surface area contributed by atoms with Crippen LogP contribution in [-0.4, -0.2) is 38.4 Å². The van der Waals surface area contributed by atoms with Gasteiger partial charge in [0, 0.05) is 10.9 Å². The summed E-state index contributed by atoms with van der Waals surface area (Å²) in [6.45, 7) is 1.72. The fourth-order valence-electron chi connectivity index (χ4n) is 3.08. The molecule has 7 nitrogen and oxygen atoms in total.